The minimum absolute atomic E-state index is 0.0758. The zero-order valence-electron chi connectivity index (χ0n) is 12.0. The van der Waals surface area contributed by atoms with E-state index in [0.717, 1.165) is 38.6 Å². The molecule has 0 aromatic carbocycles. The highest BCUT2D eigenvalue weighted by Gasteiger charge is 2.31. The Kier molecular flexibility index (Phi) is 5.46. The van der Waals surface area contributed by atoms with Crippen molar-refractivity contribution in [2.24, 2.45) is 11.8 Å². The third kappa shape index (κ3) is 3.69. The Labute approximate surface area is 112 Å². The van der Waals surface area contributed by atoms with Gasteiger partial charge >= 0.3 is 0 Å². The number of ether oxygens (including phenoxy) is 1. The van der Waals surface area contributed by atoms with E-state index in [0.29, 0.717) is 12.0 Å². The number of hydrogen-bond acceptors (Lipinski definition) is 3. The predicted octanol–water partition coefficient (Wildman–Crippen LogP) is 2.28. The normalized spacial score (nSPS) is 38.8. The van der Waals surface area contributed by atoms with Gasteiger partial charge in [0, 0.05) is 19.1 Å². The molecule has 0 spiro atoms. The van der Waals surface area contributed by atoms with Crippen molar-refractivity contribution in [1.82, 2.24) is 4.90 Å². The number of aliphatic hydroxyl groups is 1. The van der Waals surface area contributed by atoms with Gasteiger partial charge in [-0.25, -0.2) is 0 Å². The van der Waals surface area contributed by atoms with Crippen LogP contribution in [-0.4, -0.2) is 48.5 Å². The minimum atomic E-state index is -0.0758. The lowest BCUT2D eigenvalue weighted by molar-refractivity contribution is -0.0335. The molecule has 0 aromatic rings. The zero-order valence-corrected chi connectivity index (χ0v) is 12.0. The molecule has 0 amide bonds. The van der Waals surface area contributed by atoms with Crippen LogP contribution in [-0.2, 0) is 4.74 Å². The van der Waals surface area contributed by atoms with E-state index < -0.39 is 0 Å². The van der Waals surface area contributed by atoms with Gasteiger partial charge in [0.1, 0.15) is 0 Å². The van der Waals surface area contributed by atoms with Gasteiger partial charge in [-0.3, -0.25) is 4.90 Å². The second-order valence-electron chi connectivity index (χ2n) is 6.21. The molecule has 0 aromatic heterocycles. The number of hydrogen-bond donors (Lipinski definition) is 1. The first kappa shape index (κ1) is 14.3. The molecule has 1 heterocycles. The average Bonchev–Trinajstić information content (AvgIpc) is 2.36. The maximum absolute atomic E-state index is 10.2. The van der Waals surface area contributed by atoms with Crippen LogP contribution in [0.5, 0.6) is 0 Å². The molecule has 18 heavy (non-hydrogen) atoms. The topological polar surface area (TPSA) is 32.7 Å². The molecule has 2 rings (SSSR count). The molecule has 3 heteroatoms. The smallest absolute Gasteiger partial charge is 0.0619 e. The number of aliphatic hydroxyl groups excluding tert-OH is 1. The lowest BCUT2D eigenvalue weighted by Gasteiger charge is -2.40. The quantitative estimate of drug-likeness (QED) is 0.836. The van der Waals surface area contributed by atoms with Crippen molar-refractivity contribution in [2.45, 2.75) is 58.1 Å². The molecule has 3 nitrogen and oxygen atoms in total. The summed E-state index contributed by atoms with van der Waals surface area (Å²) < 4.78 is 5.48. The van der Waals surface area contributed by atoms with Gasteiger partial charge in [-0.05, 0) is 38.0 Å². The molecule has 1 saturated heterocycles. The molecule has 1 aliphatic heterocycles. The Morgan fingerprint density at radius 1 is 1.33 bits per heavy atom. The Hall–Kier alpha value is -0.120. The van der Waals surface area contributed by atoms with Crippen molar-refractivity contribution in [3.8, 4) is 0 Å². The Bertz CT molecular complexity index is 247. The third-order valence-electron chi connectivity index (χ3n) is 4.72. The van der Waals surface area contributed by atoms with Crippen LogP contribution in [0.1, 0.15) is 46.0 Å². The van der Waals surface area contributed by atoms with E-state index >= 15 is 0 Å². The fraction of sp³-hybridized carbons (Fsp3) is 1.00. The molecular formula is C15H29NO2. The van der Waals surface area contributed by atoms with Crippen LogP contribution in [0.4, 0.5) is 0 Å². The lowest BCUT2D eigenvalue weighted by Crippen LogP contribution is -2.48. The number of nitrogens with zero attached hydrogens (tertiary/aromatic N) is 1. The standard InChI is InChI=1S/C15H29NO2/c1-3-4-13-5-6-15(17)14(9-13)10-16-7-8-18-11-12(16)2/h12-15,17H,3-11H2,1-2H3. The predicted molar refractivity (Wildman–Crippen MR) is 73.6 cm³/mol. The van der Waals surface area contributed by atoms with Crippen LogP contribution in [0.15, 0.2) is 0 Å². The van der Waals surface area contributed by atoms with Crippen LogP contribution in [0.3, 0.4) is 0 Å². The highest BCUT2D eigenvalue weighted by molar-refractivity contribution is 4.84. The summed E-state index contributed by atoms with van der Waals surface area (Å²) in [6.07, 6.45) is 5.99. The molecule has 106 valence electrons. The third-order valence-corrected chi connectivity index (χ3v) is 4.72. The summed E-state index contributed by atoms with van der Waals surface area (Å²) in [5, 5.41) is 10.2. The van der Waals surface area contributed by atoms with E-state index in [2.05, 4.69) is 18.7 Å². The van der Waals surface area contributed by atoms with E-state index in [1.54, 1.807) is 0 Å². The van der Waals surface area contributed by atoms with Gasteiger partial charge in [0.2, 0.25) is 0 Å². The monoisotopic (exact) mass is 255 g/mol. The molecule has 0 bridgehead atoms. The Balaban J connectivity index is 1.85. The van der Waals surface area contributed by atoms with Crippen LogP contribution in [0.25, 0.3) is 0 Å². The minimum Gasteiger partial charge on any atom is -0.393 e. The average molecular weight is 255 g/mol. The highest BCUT2D eigenvalue weighted by Crippen LogP contribution is 2.33. The van der Waals surface area contributed by atoms with Gasteiger partial charge in [0.05, 0.1) is 19.3 Å². The van der Waals surface area contributed by atoms with Gasteiger partial charge in [-0.15, -0.1) is 0 Å². The van der Waals surface area contributed by atoms with Crippen LogP contribution < -0.4 is 0 Å². The summed E-state index contributed by atoms with van der Waals surface area (Å²) in [6.45, 7) is 8.30. The molecule has 1 N–H and O–H groups in total. The summed E-state index contributed by atoms with van der Waals surface area (Å²) in [5.74, 6) is 1.33. The maximum Gasteiger partial charge on any atom is 0.0619 e. The number of rotatable bonds is 4. The van der Waals surface area contributed by atoms with E-state index in [1.807, 2.05) is 0 Å². The summed E-state index contributed by atoms with van der Waals surface area (Å²) in [6, 6.07) is 0.512. The first-order valence-corrected chi connectivity index (χ1v) is 7.70. The molecule has 2 aliphatic rings. The highest BCUT2D eigenvalue weighted by atomic mass is 16.5. The molecular weight excluding hydrogens is 226 g/mol. The van der Waals surface area contributed by atoms with Crippen LogP contribution >= 0.6 is 0 Å². The summed E-state index contributed by atoms with van der Waals surface area (Å²) in [4.78, 5) is 2.51. The van der Waals surface area contributed by atoms with Gasteiger partial charge in [-0.2, -0.15) is 0 Å². The van der Waals surface area contributed by atoms with Gasteiger partial charge in [-0.1, -0.05) is 19.8 Å². The molecule has 1 aliphatic carbocycles. The van der Waals surface area contributed by atoms with Crippen LogP contribution in [0.2, 0.25) is 0 Å². The van der Waals surface area contributed by atoms with Crippen LogP contribution in [0, 0.1) is 11.8 Å². The Morgan fingerprint density at radius 3 is 2.89 bits per heavy atom. The molecule has 4 unspecified atom stereocenters. The van der Waals surface area contributed by atoms with Gasteiger partial charge in [0.15, 0.2) is 0 Å². The zero-order chi connectivity index (χ0) is 13.0. The Morgan fingerprint density at radius 2 is 2.17 bits per heavy atom. The van der Waals surface area contributed by atoms with Crippen molar-refractivity contribution in [3.05, 3.63) is 0 Å². The summed E-state index contributed by atoms with van der Waals surface area (Å²) >= 11 is 0. The van der Waals surface area contributed by atoms with E-state index in [1.165, 1.54) is 25.7 Å². The van der Waals surface area contributed by atoms with Gasteiger partial charge < -0.3 is 9.84 Å². The number of morpholine rings is 1. The lowest BCUT2D eigenvalue weighted by atomic mass is 9.77. The van der Waals surface area contributed by atoms with Gasteiger partial charge in [0.25, 0.3) is 0 Å². The fourth-order valence-electron chi connectivity index (χ4n) is 3.55. The molecule has 2 fully saturated rings. The first-order chi connectivity index (χ1) is 8.70. The first-order valence-electron chi connectivity index (χ1n) is 7.70. The van der Waals surface area contributed by atoms with Crippen molar-refractivity contribution in [3.63, 3.8) is 0 Å². The molecule has 0 radical (unpaired) electrons. The van der Waals surface area contributed by atoms with E-state index in [-0.39, 0.29) is 6.10 Å². The second kappa shape index (κ2) is 6.88. The van der Waals surface area contributed by atoms with Crippen molar-refractivity contribution in [1.29, 1.82) is 0 Å². The second-order valence-corrected chi connectivity index (χ2v) is 6.21. The summed E-state index contributed by atoms with van der Waals surface area (Å²) in [7, 11) is 0. The van der Waals surface area contributed by atoms with Crippen molar-refractivity contribution >= 4 is 0 Å². The molecule has 4 atom stereocenters. The maximum atomic E-state index is 10.2. The largest absolute Gasteiger partial charge is 0.393 e. The van der Waals surface area contributed by atoms with Crippen molar-refractivity contribution in [2.75, 3.05) is 26.3 Å². The summed E-state index contributed by atoms with van der Waals surface area (Å²) in [5.41, 5.74) is 0. The van der Waals surface area contributed by atoms with E-state index in [9.17, 15) is 5.11 Å². The SMILES string of the molecule is CCCC1CCC(O)C(CN2CCOCC2C)C1. The van der Waals surface area contributed by atoms with E-state index in [4.69, 9.17) is 4.74 Å². The fourth-order valence-corrected chi connectivity index (χ4v) is 3.55. The molecule has 1 saturated carbocycles. The van der Waals surface area contributed by atoms with Crippen molar-refractivity contribution < 1.29 is 9.84 Å².